The van der Waals surface area contributed by atoms with Crippen LogP contribution in [0.2, 0.25) is 0 Å². The second-order valence-corrected chi connectivity index (χ2v) is 6.36. The monoisotopic (exact) mass is 279 g/mol. The first-order chi connectivity index (χ1) is 9.35. The van der Waals surface area contributed by atoms with Crippen LogP contribution in [-0.4, -0.2) is 35.5 Å². The summed E-state index contributed by atoms with van der Waals surface area (Å²) in [6.07, 6.45) is 4.66. The highest BCUT2D eigenvalue weighted by atomic mass is 32.2. The Hall–Kier alpha value is -0.510. The second-order valence-electron chi connectivity index (χ2n) is 5.19. The summed E-state index contributed by atoms with van der Waals surface area (Å²) in [6.45, 7) is 4.84. The molecule has 1 aliphatic rings. The summed E-state index contributed by atoms with van der Waals surface area (Å²) in [6, 6.07) is 9.36. The minimum atomic E-state index is 0.271. The van der Waals surface area contributed by atoms with E-state index in [-0.39, 0.29) is 6.61 Å². The van der Waals surface area contributed by atoms with E-state index in [1.807, 2.05) is 11.8 Å². The van der Waals surface area contributed by atoms with Gasteiger partial charge in [-0.1, -0.05) is 19.1 Å². The minimum absolute atomic E-state index is 0.271. The smallest absolute Gasteiger partial charge is 0.0449 e. The van der Waals surface area contributed by atoms with Gasteiger partial charge in [-0.05, 0) is 62.2 Å². The van der Waals surface area contributed by atoms with Gasteiger partial charge < -0.3 is 5.11 Å². The second kappa shape index (κ2) is 7.93. The quantitative estimate of drug-likeness (QED) is 0.770. The number of aliphatic hydroxyl groups is 1. The summed E-state index contributed by atoms with van der Waals surface area (Å²) in [5.41, 5.74) is 1.36. The van der Waals surface area contributed by atoms with Crippen LogP contribution in [-0.2, 0) is 0 Å². The molecule has 0 spiro atoms. The van der Waals surface area contributed by atoms with Crippen LogP contribution < -0.4 is 0 Å². The molecule has 0 radical (unpaired) electrons. The van der Waals surface area contributed by atoms with Crippen molar-refractivity contribution in [2.24, 2.45) is 0 Å². The van der Waals surface area contributed by atoms with Crippen molar-refractivity contribution in [1.82, 2.24) is 4.90 Å². The van der Waals surface area contributed by atoms with Crippen LogP contribution in [0.4, 0.5) is 0 Å². The third-order valence-electron chi connectivity index (χ3n) is 3.72. The normalized spacial score (nSPS) is 17.8. The lowest BCUT2D eigenvalue weighted by atomic mass is 10.0. The van der Waals surface area contributed by atoms with E-state index in [2.05, 4.69) is 36.1 Å². The lowest BCUT2D eigenvalue weighted by Gasteiger charge is -2.27. The number of thioether (sulfide) groups is 1. The third-order valence-corrected chi connectivity index (χ3v) is 4.94. The summed E-state index contributed by atoms with van der Waals surface area (Å²) >= 11 is 1.92. The van der Waals surface area contributed by atoms with Crippen molar-refractivity contribution in [3.05, 3.63) is 29.8 Å². The predicted molar refractivity (Wildman–Crippen MR) is 82.7 cm³/mol. The maximum Gasteiger partial charge on any atom is 0.0449 e. The summed E-state index contributed by atoms with van der Waals surface area (Å²) < 4.78 is 0. The van der Waals surface area contributed by atoms with E-state index in [1.165, 1.54) is 48.6 Å². The first-order valence-corrected chi connectivity index (χ1v) is 8.41. The van der Waals surface area contributed by atoms with E-state index < -0.39 is 0 Å². The molecule has 0 bridgehead atoms. The highest BCUT2D eigenvalue weighted by Crippen LogP contribution is 2.29. The fraction of sp³-hybridized carbons (Fsp3) is 0.625. The molecule has 1 unspecified atom stereocenters. The number of likely N-dealkylation sites (tertiary alicyclic amines) is 1. The molecule has 0 aromatic heterocycles. The first kappa shape index (κ1) is 14.9. The average Bonchev–Trinajstić information content (AvgIpc) is 2.97. The van der Waals surface area contributed by atoms with Gasteiger partial charge in [-0.15, -0.1) is 11.8 Å². The highest BCUT2D eigenvalue weighted by molar-refractivity contribution is 7.99. The Morgan fingerprint density at radius 1 is 1.21 bits per heavy atom. The zero-order valence-corrected chi connectivity index (χ0v) is 12.7. The average molecular weight is 279 g/mol. The van der Waals surface area contributed by atoms with Crippen LogP contribution >= 0.6 is 11.8 Å². The van der Waals surface area contributed by atoms with E-state index in [9.17, 15) is 5.11 Å². The van der Waals surface area contributed by atoms with Crippen molar-refractivity contribution >= 4 is 11.8 Å². The predicted octanol–water partition coefficient (Wildman–Crippen LogP) is 3.71. The molecule has 1 fully saturated rings. The Morgan fingerprint density at radius 3 is 2.47 bits per heavy atom. The van der Waals surface area contributed by atoms with Crippen LogP contribution in [0.15, 0.2) is 29.2 Å². The Kier molecular flexibility index (Phi) is 6.21. The van der Waals surface area contributed by atoms with Crippen LogP contribution in [0.25, 0.3) is 0 Å². The van der Waals surface area contributed by atoms with Crippen LogP contribution in [0, 0.1) is 0 Å². The topological polar surface area (TPSA) is 23.5 Å². The molecule has 3 heteroatoms. The lowest BCUT2D eigenvalue weighted by molar-refractivity contribution is 0.185. The highest BCUT2D eigenvalue weighted by Gasteiger charge is 2.22. The fourth-order valence-corrected chi connectivity index (χ4v) is 3.51. The molecule has 1 N–H and O–H groups in total. The Morgan fingerprint density at radius 2 is 1.89 bits per heavy atom. The molecule has 1 aromatic rings. The Balaban J connectivity index is 2.03. The summed E-state index contributed by atoms with van der Waals surface area (Å²) in [5.74, 6) is 1.19. The summed E-state index contributed by atoms with van der Waals surface area (Å²) in [5, 5.41) is 9.30. The first-order valence-electron chi connectivity index (χ1n) is 7.43. The van der Waals surface area contributed by atoms with Crippen molar-refractivity contribution in [2.75, 3.05) is 25.4 Å². The SMILES string of the molecule is CCCSc1ccc(C(CCO)N2CCCC2)cc1. The molecule has 2 nitrogen and oxygen atoms in total. The molecule has 1 atom stereocenters. The molecular formula is C16H25NOS. The molecule has 2 rings (SSSR count). The van der Waals surface area contributed by atoms with E-state index in [1.54, 1.807) is 0 Å². The molecule has 106 valence electrons. The number of hydrogen-bond donors (Lipinski definition) is 1. The maximum atomic E-state index is 9.30. The van der Waals surface area contributed by atoms with Gasteiger partial charge in [0.2, 0.25) is 0 Å². The van der Waals surface area contributed by atoms with Crippen LogP contribution in [0.5, 0.6) is 0 Å². The van der Waals surface area contributed by atoms with Crippen molar-refractivity contribution in [2.45, 2.75) is 43.5 Å². The van der Waals surface area contributed by atoms with Gasteiger partial charge >= 0.3 is 0 Å². The van der Waals surface area contributed by atoms with E-state index >= 15 is 0 Å². The maximum absolute atomic E-state index is 9.30. The van der Waals surface area contributed by atoms with Crippen LogP contribution in [0.3, 0.4) is 0 Å². The Labute approximate surface area is 121 Å². The zero-order valence-electron chi connectivity index (χ0n) is 11.8. The lowest BCUT2D eigenvalue weighted by Crippen LogP contribution is -2.26. The van der Waals surface area contributed by atoms with Gasteiger partial charge in [0.25, 0.3) is 0 Å². The number of benzene rings is 1. The molecule has 1 aromatic carbocycles. The van der Waals surface area contributed by atoms with Gasteiger partial charge in [0, 0.05) is 17.5 Å². The van der Waals surface area contributed by atoms with E-state index in [0.29, 0.717) is 6.04 Å². The van der Waals surface area contributed by atoms with Crippen LogP contribution in [0.1, 0.15) is 44.2 Å². The molecule has 0 amide bonds. The molecule has 0 aliphatic carbocycles. The number of hydrogen-bond acceptors (Lipinski definition) is 3. The van der Waals surface area contributed by atoms with E-state index in [0.717, 1.165) is 6.42 Å². The third kappa shape index (κ3) is 4.23. The van der Waals surface area contributed by atoms with Gasteiger partial charge in [-0.25, -0.2) is 0 Å². The van der Waals surface area contributed by atoms with Crippen molar-refractivity contribution in [1.29, 1.82) is 0 Å². The molecule has 19 heavy (non-hydrogen) atoms. The number of aliphatic hydroxyl groups excluding tert-OH is 1. The van der Waals surface area contributed by atoms with Gasteiger partial charge in [0.15, 0.2) is 0 Å². The van der Waals surface area contributed by atoms with Gasteiger partial charge in [-0.2, -0.15) is 0 Å². The summed E-state index contributed by atoms with van der Waals surface area (Å²) in [4.78, 5) is 3.87. The molecule has 1 heterocycles. The number of nitrogens with zero attached hydrogens (tertiary/aromatic N) is 1. The van der Waals surface area contributed by atoms with Gasteiger partial charge in [0.05, 0.1) is 0 Å². The largest absolute Gasteiger partial charge is 0.396 e. The minimum Gasteiger partial charge on any atom is -0.396 e. The van der Waals surface area contributed by atoms with Crippen molar-refractivity contribution in [3.8, 4) is 0 Å². The molecule has 1 saturated heterocycles. The molecular weight excluding hydrogens is 254 g/mol. The molecule has 0 saturated carbocycles. The standard InChI is InChI=1S/C16H25NOS/c1-2-13-19-15-7-5-14(6-8-15)16(9-12-18)17-10-3-4-11-17/h5-8,16,18H,2-4,9-13H2,1H3. The zero-order chi connectivity index (χ0) is 13.5. The Bertz CT molecular complexity index is 360. The molecule has 1 aliphatic heterocycles. The fourth-order valence-electron chi connectivity index (χ4n) is 2.74. The number of rotatable bonds is 7. The van der Waals surface area contributed by atoms with Crippen molar-refractivity contribution in [3.63, 3.8) is 0 Å². The van der Waals surface area contributed by atoms with E-state index in [4.69, 9.17) is 0 Å². The summed E-state index contributed by atoms with van der Waals surface area (Å²) in [7, 11) is 0. The van der Waals surface area contributed by atoms with Gasteiger partial charge in [0.1, 0.15) is 0 Å². The van der Waals surface area contributed by atoms with Gasteiger partial charge in [-0.3, -0.25) is 4.90 Å². The van der Waals surface area contributed by atoms with Crippen molar-refractivity contribution < 1.29 is 5.11 Å².